The zero-order valence-electron chi connectivity index (χ0n) is 11.4. The van der Waals surface area contributed by atoms with Gasteiger partial charge in [0.1, 0.15) is 18.1 Å². The molecule has 1 heterocycles. The molecule has 0 radical (unpaired) electrons. The van der Waals surface area contributed by atoms with E-state index in [0.717, 1.165) is 49.4 Å². The standard InChI is InChI=1S/C16H19NO3/c18-15-3-1-13-2-4-16(12-14(13)11-15)20-10-7-17-5-8-19-9-6-17/h1-4,11-12,18H,5-10H2. The van der Waals surface area contributed by atoms with Gasteiger partial charge >= 0.3 is 0 Å². The number of nitrogens with zero attached hydrogens (tertiary/aromatic N) is 1. The minimum Gasteiger partial charge on any atom is -0.508 e. The Morgan fingerprint density at radius 3 is 2.70 bits per heavy atom. The maximum Gasteiger partial charge on any atom is 0.120 e. The molecule has 2 aromatic carbocycles. The van der Waals surface area contributed by atoms with Crippen LogP contribution in [0, 0.1) is 0 Å². The van der Waals surface area contributed by atoms with Crippen LogP contribution in [-0.4, -0.2) is 49.5 Å². The van der Waals surface area contributed by atoms with Crippen LogP contribution in [0.2, 0.25) is 0 Å². The summed E-state index contributed by atoms with van der Waals surface area (Å²) in [5, 5.41) is 11.6. The summed E-state index contributed by atoms with van der Waals surface area (Å²) in [6.07, 6.45) is 0. The molecule has 1 fully saturated rings. The quantitative estimate of drug-likeness (QED) is 0.928. The number of fused-ring (bicyclic) bond motifs is 1. The molecule has 20 heavy (non-hydrogen) atoms. The van der Waals surface area contributed by atoms with Crippen molar-refractivity contribution in [2.45, 2.75) is 0 Å². The maximum absolute atomic E-state index is 9.51. The number of phenolic OH excluding ortho intramolecular Hbond substituents is 1. The highest BCUT2D eigenvalue weighted by atomic mass is 16.5. The molecule has 0 saturated carbocycles. The minimum absolute atomic E-state index is 0.281. The summed E-state index contributed by atoms with van der Waals surface area (Å²) in [7, 11) is 0. The fourth-order valence-corrected chi connectivity index (χ4v) is 2.42. The molecule has 4 heteroatoms. The van der Waals surface area contributed by atoms with Crippen LogP contribution < -0.4 is 4.74 Å². The molecule has 4 nitrogen and oxygen atoms in total. The first-order valence-corrected chi connectivity index (χ1v) is 6.97. The van der Waals surface area contributed by atoms with Gasteiger partial charge < -0.3 is 14.6 Å². The van der Waals surface area contributed by atoms with Crippen molar-refractivity contribution in [2.24, 2.45) is 0 Å². The SMILES string of the molecule is Oc1ccc2ccc(OCCN3CCOCC3)cc2c1. The van der Waals surface area contributed by atoms with E-state index in [1.807, 2.05) is 24.3 Å². The van der Waals surface area contributed by atoms with E-state index in [4.69, 9.17) is 9.47 Å². The lowest BCUT2D eigenvalue weighted by atomic mass is 10.1. The van der Waals surface area contributed by atoms with Crippen molar-refractivity contribution in [3.05, 3.63) is 36.4 Å². The van der Waals surface area contributed by atoms with Crippen molar-refractivity contribution in [3.63, 3.8) is 0 Å². The average Bonchev–Trinajstić information content (AvgIpc) is 2.48. The molecule has 1 aliphatic heterocycles. The van der Waals surface area contributed by atoms with Crippen molar-refractivity contribution in [1.82, 2.24) is 4.90 Å². The Hall–Kier alpha value is -1.78. The summed E-state index contributed by atoms with van der Waals surface area (Å²) in [6.45, 7) is 5.18. The zero-order chi connectivity index (χ0) is 13.8. The normalized spacial score (nSPS) is 16.4. The molecule has 1 N–H and O–H groups in total. The maximum atomic E-state index is 9.51. The second kappa shape index (κ2) is 6.11. The highest BCUT2D eigenvalue weighted by Crippen LogP contribution is 2.24. The third-order valence-corrected chi connectivity index (χ3v) is 3.58. The van der Waals surface area contributed by atoms with E-state index in [2.05, 4.69) is 4.90 Å². The van der Waals surface area contributed by atoms with E-state index < -0.39 is 0 Å². The highest BCUT2D eigenvalue weighted by Gasteiger charge is 2.09. The summed E-state index contributed by atoms with van der Waals surface area (Å²) >= 11 is 0. The van der Waals surface area contributed by atoms with Crippen LogP contribution in [0.3, 0.4) is 0 Å². The number of benzene rings is 2. The van der Waals surface area contributed by atoms with Gasteiger partial charge in [-0.1, -0.05) is 12.1 Å². The van der Waals surface area contributed by atoms with Gasteiger partial charge in [0, 0.05) is 19.6 Å². The van der Waals surface area contributed by atoms with Crippen molar-refractivity contribution in [2.75, 3.05) is 39.5 Å². The van der Waals surface area contributed by atoms with E-state index >= 15 is 0 Å². The largest absolute Gasteiger partial charge is 0.508 e. The van der Waals surface area contributed by atoms with E-state index in [0.29, 0.717) is 6.61 Å². The van der Waals surface area contributed by atoms with Crippen molar-refractivity contribution >= 4 is 10.8 Å². The molecule has 0 spiro atoms. The van der Waals surface area contributed by atoms with E-state index in [9.17, 15) is 5.11 Å². The summed E-state index contributed by atoms with van der Waals surface area (Å²) in [6, 6.07) is 11.3. The predicted molar refractivity (Wildman–Crippen MR) is 78.4 cm³/mol. The lowest BCUT2D eigenvalue weighted by Crippen LogP contribution is -2.38. The average molecular weight is 273 g/mol. The Kier molecular flexibility index (Phi) is 4.04. The fourth-order valence-electron chi connectivity index (χ4n) is 2.42. The molecule has 0 amide bonds. The second-order valence-corrected chi connectivity index (χ2v) is 5.00. The van der Waals surface area contributed by atoms with Crippen LogP contribution in [0.25, 0.3) is 10.8 Å². The Labute approximate surface area is 118 Å². The Morgan fingerprint density at radius 2 is 1.85 bits per heavy atom. The first-order valence-electron chi connectivity index (χ1n) is 6.97. The van der Waals surface area contributed by atoms with Crippen LogP contribution in [-0.2, 0) is 4.74 Å². The van der Waals surface area contributed by atoms with Gasteiger partial charge in [0.2, 0.25) is 0 Å². The van der Waals surface area contributed by atoms with Crippen LogP contribution in [0.5, 0.6) is 11.5 Å². The molecule has 0 bridgehead atoms. The number of ether oxygens (including phenoxy) is 2. The molecule has 106 valence electrons. The van der Waals surface area contributed by atoms with Gasteiger partial charge in [-0.15, -0.1) is 0 Å². The first-order chi connectivity index (χ1) is 9.81. The monoisotopic (exact) mass is 273 g/mol. The van der Waals surface area contributed by atoms with Crippen LogP contribution in [0.15, 0.2) is 36.4 Å². The molecule has 3 rings (SSSR count). The van der Waals surface area contributed by atoms with Crippen LogP contribution in [0.1, 0.15) is 0 Å². The van der Waals surface area contributed by atoms with Gasteiger partial charge in [0.15, 0.2) is 0 Å². The fraction of sp³-hybridized carbons (Fsp3) is 0.375. The van der Waals surface area contributed by atoms with Crippen molar-refractivity contribution < 1.29 is 14.6 Å². The smallest absolute Gasteiger partial charge is 0.120 e. The zero-order valence-corrected chi connectivity index (χ0v) is 11.4. The van der Waals surface area contributed by atoms with Crippen molar-refractivity contribution in [1.29, 1.82) is 0 Å². The third kappa shape index (κ3) is 3.21. The van der Waals surface area contributed by atoms with Gasteiger partial charge in [-0.05, 0) is 35.0 Å². The third-order valence-electron chi connectivity index (χ3n) is 3.58. The molecular weight excluding hydrogens is 254 g/mol. The number of phenols is 1. The van der Waals surface area contributed by atoms with E-state index in [1.54, 1.807) is 12.1 Å². The molecule has 0 aliphatic carbocycles. The summed E-state index contributed by atoms with van der Waals surface area (Å²) < 4.78 is 11.1. The highest BCUT2D eigenvalue weighted by molar-refractivity contribution is 5.85. The van der Waals surface area contributed by atoms with Gasteiger partial charge in [-0.3, -0.25) is 4.90 Å². The number of aromatic hydroxyl groups is 1. The number of hydrogen-bond donors (Lipinski definition) is 1. The molecule has 1 aliphatic rings. The number of hydrogen-bond acceptors (Lipinski definition) is 4. The van der Waals surface area contributed by atoms with E-state index in [1.165, 1.54) is 0 Å². The molecule has 1 saturated heterocycles. The molecule has 2 aromatic rings. The Morgan fingerprint density at radius 1 is 1.05 bits per heavy atom. The Balaban J connectivity index is 1.59. The van der Waals surface area contributed by atoms with Gasteiger partial charge in [-0.2, -0.15) is 0 Å². The van der Waals surface area contributed by atoms with Gasteiger partial charge in [-0.25, -0.2) is 0 Å². The van der Waals surface area contributed by atoms with Crippen LogP contribution in [0.4, 0.5) is 0 Å². The lowest BCUT2D eigenvalue weighted by molar-refractivity contribution is 0.0322. The minimum atomic E-state index is 0.281. The van der Waals surface area contributed by atoms with Gasteiger partial charge in [0.25, 0.3) is 0 Å². The molecule has 0 atom stereocenters. The van der Waals surface area contributed by atoms with Crippen molar-refractivity contribution in [3.8, 4) is 11.5 Å². The van der Waals surface area contributed by atoms with E-state index in [-0.39, 0.29) is 5.75 Å². The molecule has 0 aromatic heterocycles. The lowest BCUT2D eigenvalue weighted by Gasteiger charge is -2.26. The molecular formula is C16H19NO3. The van der Waals surface area contributed by atoms with Gasteiger partial charge in [0.05, 0.1) is 13.2 Å². The molecule has 0 unspecified atom stereocenters. The summed E-state index contributed by atoms with van der Waals surface area (Å²) in [5.41, 5.74) is 0. The number of morpholine rings is 1. The Bertz CT molecular complexity index is 579. The predicted octanol–water partition coefficient (Wildman–Crippen LogP) is 2.26. The second-order valence-electron chi connectivity index (χ2n) is 5.00. The summed E-state index contributed by atoms with van der Waals surface area (Å²) in [5.74, 6) is 1.12. The van der Waals surface area contributed by atoms with Crippen LogP contribution >= 0.6 is 0 Å². The first kappa shape index (κ1) is 13.2. The number of rotatable bonds is 4. The summed E-state index contributed by atoms with van der Waals surface area (Å²) in [4.78, 5) is 2.34. The topological polar surface area (TPSA) is 41.9 Å².